The van der Waals surface area contributed by atoms with E-state index in [-0.39, 0.29) is 12.3 Å². The Morgan fingerprint density at radius 1 is 1.47 bits per heavy atom. The molecular weight excluding hydrogens is 194 g/mol. The van der Waals surface area contributed by atoms with Gasteiger partial charge in [0, 0.05) is 18.0 Å². The smallest absolute Gasteiger partial charge is 0.336 e. The number of aromatic hydroxyl groups is 1. The van der Waals surface area contributed by atoms with E-state index in [1.165, 1.54) is 6.07 Å². The van der Waals surface area contributed by atoms with Crippen molar-refractivity contribution in [3.8, 4) is 5.75 Å². The summed E-state index contributed by atoms with van der Waals surface area (Å²) in [4.78, 5) is 11.2. The molecule has 78 valence electrons. The summed E-state index contributed by atoms with van der Waals surface area (Å²) in [5.41, 5.74) is 6.72. The standard InChI is InChI=1S/C11H11NO3/c1-6-4-10(14)15-11-7(6)2-3-9(13)8(11)5-12/h2-4,13H,5,12H2,1H3. The van der Waals surface area contributed by atoms with Gasteiger partial charge in [-0.1, -0.05) is 0 Å². The van der Waals surface area contributed by atoms with Crippen LogP contribution >= 0.6 is 0 Å². The van der Waals surface area contributed by atoms with Crippen molar-refractivity contribution in [2.24, 2.45) is 5.73 Å². The zero-order valence-corrected chi connectivity index (χ0v) is 8.28. The van der Waals surface area contributed by atoms with E-state index in [9.17, 15) is 9.90 Å². The maximum atomic E-state index is 11.2. The van der Waals surface area contributed by atoms with Gasteiger partial charge in [-0.15, -0.1) is 0 Å². The van der Waals surface area contributed by atoms with Crippen LogP contribution in [0.5, 0.6) is 5.75 Å². The minimum Gasteiger partial charge on any atom is -0.507 e. The average molecular weight is 205 g/mol. The Balaban J connectivity index is 2.97. The second-order valence-corrected chi connectivity index (χ2v) is 3.39. The highest BCUT2D eigenvalue weighted by molar-refractivity contribution is 5.84. The van der Waals surface area contributed by atoms with Crippen molar-refractivity contribution in [2.45, 2.75) is 13.5 Å². The molecule has 3 N–H and O–H groups in total. The number of hydrogen-bond donors (Lipinski definition) is 2. The molecule has 15 heavy (non-hydrogen) atoms. The van der Waals surface area contributed by atoms with Gasteiger partial charge < -0.3 is 15.3 Å². The average Bonchev–Trinajstić information content (AvgIpc) is 2.17. The maximum Gasteiger partial charge on any atom is 0.336 e. The number of fused-ring (bicyclic) bond motifs is 1. The number of aryl methyl sites for hydroxylation is 1. The zero-order chi connectivity index (χ0) is 11.0. The van der Waals surface area contributed by atoms with Crippen LogP contribution in [0, 0.1) is 6.92 Å². The molecule has 0 amide bonds. The fourth-order valence-electron chi connectivity index (χ4n) is 1.63. The van der Waals surface area contributed by atoms with Crippen LogP contribution in [-0.2, 0) is 6.54 Å². The predicted molar refractivity (Wildman–Crippen MR) is 56.8 cm³/mol. The Kier molecular flexibility index (Phi) is 2.21. The number of rotatable bonds is 1. The van der Waals surface area contributed by atoms with Crippen LogP contribution in [-0.4, -0.2) is 5.11 Å². The second-order valence-electron chi connectivity index (χ2n) is 3.39. The summed E-state index contributed by atoms with van der Waals surface area (Å²) in [5, 5.41) is 10.3. The minimum atomic E-state index is -0.430. The number of phenols is 1. The number of benzene rings is 1. The Hall–Kier alpha value is -1.81. The van der Waals surface area contributed by atoms with Gasteiger partial charge >= 0.3 is 5.63 Å². The SMILES string of the molecule is Cc1cc(=O)oc2c(CN)c(O)ccc12. The molecule has 0 radical (unpaired) electrons. The van der Waals surface area contributed by atoms with Crippen molar-refractivity contribution in [1.82, 2.24) is 0 Å². The quantitative estimate of drug-likeness (QED) is 0.687. The maximum absolute atomic E-state index is 11.2. The van der Waals surface area contributed by atoms with Gasteiger partial charge in [-0.2, -0.15) is 0 Å². The van der Waals surface area contributed by atoms with Crippen molar-refractivity contribution in [2.75, 3.05) is 0 Å². The van der Waals surface area contributed by atoms with Crippen molar-refractivity contribution in [3.05, 3.63) is 39.7 Å². The van der Waals surface area contributed by atoms with E-state index in [1.54, 1.807) is 12.1 Å². The molecule has 0 unspecified atom stereocenters. The lowest BCUT2D eigenvalue weighted by Crippen LogP contribution is -2.03. The first-order valence-corrected chi connectivity index (χ1v) is 4.59. The molecule has 0 spiro atoms. The first-order chi connectivity index (χ1) is 7.13. The van der Waals surface area contributed by atoms with Crippen molar-refractivity contribution in [1.29, 1.82) is 0 Å². The van der Waals surface area contributed by atoms with Gasteiger partial charge in [0.1, 0.15) is 11.3 Å². The van der Waals surface area contributed by atoms with E-state index in [0.717, 1.165) is 10.9 Å². The highest BCUT2D eigenvalue weighted by atomic mass is 16.4. The predicted octanol–water partition coefficient (Wildman–Crippen LogP) is 1.27. The highest BCUT2D eigenvalue weighted by Gasteiger charge is 2.10. The van der Waals surface area contributed by atoms with Crippen LogP contribution in [0.4, 0.5) is 0 Å². The second kappa shape index (κ2) is 3.40. The summed E-state index contributed by atoms with van der Waals surface area (Å²) >= 11 is 0. The molecule has 1 aromatic heterocycles. The summed E-state index contributed by atoms with van der Waals surface area (Å²) in [5.74, 6) is 0.0544. The van der Waals surface area contributed by atoms with E-state index >= 15 is 0 Å². The van der Waals surface area contributed by atoms with Gasteiger partial charge in [-0.05, 0) is 24.6 Å². The van der Waals surface area contributed by atoms with Gasteiger partial charge in [0.05, 0.1) is 5.56 Å². The van der Waals surface area contributed by atoms with Crippen LogP contribution in [0.15, 0.2) is 27.4 Å². The summed E-state index contributed by atoms with van der Waals surface area (Å²) < 4.78 is 5.05. The first-order valence-electron chi connectivity index (χ1n) is 4.59. The van der Waals surface area contributed by atoms with Gasteiger partial charge in [-0.25, -0.2) is 4.79 Å². The number of nitrogens with two attached hydrogens (primary N) is 1. The molecule has 4 nitrogen and oxygen atoms in total. The third-order valence-corrected chi connectivity index (χ3v) is 2.40. The summed E-state index contributed by atoms with van der Waals surface area (Å²) in [6.07, 6.45) is 0. The zero-order valence-electron chi connectivity index (χ0n) is 8.28. The van der Waals surface area contributed by atoms with E-state index < -0.39 is 5.63 Å². The third kappa shape index (κ3) is 1.49. The summed E-state index contributed by atoms with van der Waals surface area (Å²) in [6.45, 7) is 1.95. The Bertz CT molecular complexity index is 572. The van der Waals surface area contributed by atoms with Crippen LogP contribution < -0.4 is 11.4 Å². The molecule has 2 aromatic rings. The minimum absolute atomic E-state index is 0.0544. The van der Waals surface area contributed by atoms with Crippen LogP contribution in [0.3, 0.4) is 0 Å². The lowest BCUT2D eigenvalue weighted by atomic mass is 10.1. The topological polar surface area (TPSA) is 76.5 Å². The molecule has 0 aliphatic heterocycles. The van der Waals surface area contributed by atoms with Gasteiger partial charge in [0.15, 0.2) is 0 Å². The van der Waals surface area contributed by atoms with E-state index in [0.29, 0.717) is 11.1 Å². The molecule has 0 atom stereocenters. The molecule has 0 saturated heterocycles. The molecule has 1 aromatic carbocycles. The van der Waals surface area contributed by atoms with Crippen LogP contribution in [0.1, 0.15) is 11.1 Å². The number of hydrogen-bond acceptors (Lipinski definition) is 4. The normalized spacial score (nSPS) is 10.8. The van der Waals surface area contributed by atoms with E-state index in [4.69, 9.17) is 10.2 Å². The van der Waals surface area contributed by atoms with Gasteiger partial charge in [0.2, 0.25) is 0 Å². The Morgan fingerprint density at radius 3 is 2.87 bits per heavy atom. The third-order valence-electron chi connectivity index (χ3n) is 2.40. The lowest BCUT2D eigenvalue weighted by Gasteiger charge is -2.06. The van der Waals surface area contributed by atoms with Gasteiger partial charge in [0.25, 0.3) is 0 Å². The van der Waals surface area contributed by atoms with Crippen molar-refractivity contribution in [3.63, 3.8) is 0 Å². The summed E-state index contributed by atoms with van der Waals surface area (Å²) in [6, 6.07) is 4.68. The van der Waals surface area contributed by atoms with E-state index in [2.05, 4.69) is 0 Å². The Morgan fingerprint density at radius 2 is 2.20 bits per heavy atom. The van der Waals surface area contributed by atoms with Crippen molar-refractivity contribution < 1.29 is 9.52 Å². The monoisotopic (exact) mass is 205 g/mol. The molecule has 0 aliphatic carbocycles. The molecule has 4 heteroatoms. The first kappa shape index (κ1) is 9.73. The van der Waals surface area contributed by atoms with E-state index in [1.807, 2.05) is 6.92 Å². The van der Waals surface area contributed by atoms with Crippen LogP contribution in [0.2, 0.25) is 0 Å². The fraction of sp³-hybridized carbons (Fsp3) is 0.182. The summed E-state index contributed by atoms with van der Waals surface area (Å²) in [7, 11) is 0. The van der Waals surface area contributed by atoms with Gasteiger partial charge in [-0.3, -0.25) is 0 Å². The largest absolute Gasteiger partial charge is 0.507 e. The Labute approximate surface area is 85.9 Å². The fourth-order valence-corrected chi connectivity index (χ4v) is 1.63. The molecule has 2 rings (SSSR count). The van der Waals surface area contributed by atoms with Crippen molar-refractivity contribution >= 4 is 11.0 Å². The molecule has 0 bridgehead atoms. The molecular formula is C11H11NO3. The molecule has 0 fully saturated rings. The lowest BCUT2D eigenvalue weighted by molar-refractivity contribution is 0.465. The highest BCUT2D eigenvalue weighted by Crippen LogP contribution is 2.27. The molecule has 1 heterocycles. The molecule has 0 saturated carbocycles. The van der Waals surface area contributed by atoms with Crippen LogP contribution in [0.25, 0.3) is 11.0 Å². The number of phenolic OH excluding ortho intramolecular Hbond substituents is 1. The molecule has 0 aliphatic rings.